The number of hydrogen-bond donors (Lipinski definition) is 2. The first-order chi connectivity index (χ1) is 8.04. The summed E-state index contributed by atoms with van der Waals surface area (Å²) in [6.45, 7) is 0. The van der Waals surface area contributed by atoms with Gasteiger partial charge in [0.25, 0.3) is 0 Å². The molecule has 8 heteroatoms. The number of halogens is 3. The van der Waals surface area contributed by atoms with Crippen LogP contribution in [-0.4, -0.2) is 9.78 Å². The molecule has 92 valence electrons. The molecule has 0 aliphatic heterocycles. The fourth-order valence-electron chi connectivity index (χ4n) is 1.55. The molecule has 0 spiro atoms. The monoisotopic (exact) mass is 442 g/mol. The van der Waals surface area contributed by atoms with E-state index in [1.54, 1.807) is 22.2 Å². The van der Waals surface area contributed by atoms with Crippen LogP contribution in [0.2, 0.25) is 0 Å². The topological polar surface area (TPSA) is 55.9 Å². The molecule has 2 aromatic heterocycles. The second-order valence-electron chi connectivity index (χ2n) is 3.37. The van der Waals surface area contributed by atoms with Gasteiger partial charge < -0.3 is 0 Å². The zero-order valence-corrected chi connectivity index (χ0v) is 14.3. The van der Waals surface area contributed by atoms with E-state index in [0.29, 0.717) is 0 Å². The van der Waals surface area contributed by atoms with Crippen molar-refractivity contribution >= 4 is 59.1 Å². The van der Waals surface area contributed by atoms with Gasteiger partial charge in [-0.2, -0.15) is 5.10 Å². The lowest BCUT2D eigenvalue weighted by Gasteiger charge is -2.15. The zero-order valence-electron chi connectivity index (χ0n) is 8.75. The van der Waals surface area contributed by atoms with Crippen LogP contribution in [0.1, 0.15) is 16.6 Å². The average molecular weight is 445 g/mol. The summed E-state index contributed by atoms with van der Waals surface area (Å²) in [4.78, 5) is 1.11. The fourth-order valence-corrected chi connectivity index (χ4v) is 4.28. The number of rotatable bonds is 3. The number of nitrogens with one attached hydrogen (secondary N) is 1. The van der Waals surface area contributed by atoms with Crippen LogP contribution in [0, 0.1) is 0 Å². The predicted molar refractivity (Wildman–Crippen MR) is 79.8 cm³/mol. The van der Waals surface area contributed by atoms with Crippen LogP contribution in [0.4, 0.5) is 0 Å². The minimum absolute atomic E-state index is 0.0931. The summed E-state index contributed by atoms with van der Waals surface area (Å²) in [5, 5.41) is 4.20. The van der Waals surface area contributed by atoms with Crippen LogP contribution in [0.25, 0.3) is 0 Å². The van der Waals surface area contributed by atoms with Crippen LogP contribution in [0.3, 0.4) is 0 Å². The average Bonchev–Trinajstić information content (AvgIpc) is 2.77. The smallest absolute Gasteiger partial charge is 0.0982 e. The molecule has 1 unspecified atom stereocenters. The predicted octanol–water partition coefficient (Wildman–Crippen LogP) is 3.32. The molecule has 1 atom stereocenters. The number of aromatic nitrogens is 2. The molecule has 4 nitrogen and oxygen atoms in total. The lowest BCUT2D eigenvalue weighted by Crippen LogP contribution is -2.30. The highest BCUT2D eigenvalue weighted by Gasteiger charge is 2.22. The summed E-state index contributed by atoms with van der Waals surface area (Å²) < 4.78 is 4.81. The van der Waals surface area contributed by atoms with Gasteiger partial charge in [-0.1, -0.05) is 0 Å². The fraction of sp³-hybridized carbons (Fsp3) is 0.222. The number of nitrogens with zero attached hydrogens (tertiary/aromatic N) is 2. The van der Waals surface area contributed by atoms with Gasteiger partial charge in [0.1, 0.15) is 0 Å². The van der Waals surface area contributed by atoms with Crippen molar-refractivity contribution in [3.63, 3.8) is 0 Å². The van der Waals surface area contributed by atoms with E-state index in [1.165, 1.54) is 0 Å². The van der Waals surface area contributed by atoms with E-state index in [4.69, 9.17) is 5.84 Å². The van der Waals surface area contributed by atoms with Crippen molar-refractivity contribution in [1.29, 1.82) is 0 Å². The van der Waals surface area contributed by atoms with Gasteiger partial charge in [-0.25, -0.2) is 5.43 Å². The lowest BCUT2D eigenvalue weighted by atomic mass is 10.2. The van der Waals surface area contributed by atoms with Crippen molar-refractivity contribution < 1.29 is 0 Å². The summed E-state index contributed by atoms with van der Waals surface area (Å²) >= 11 is 12.1. The number of hydrogen-bond acceptors (Lipinski definition) is 4. The third kappa shape index (κ3) is 2.66. The first-order valence-electron chi connectivity index (χ1n) is 4.62. The Morgan fingerprint density at radius 1 is 1.41 bits per heavy atom. The maximum absolute atomic E-state index is 5.66. The van der Waals surface area contributed by atoms with E-state index in [-0.39, 0.29) is 6.04 Å². The Kier molecular flexibility index (Phi) is 4.43. The van der Waals surface area contributed by atoms with Gasteiger partial charge in [0.2, 0.25) is 0 Å². The zero-order chi connectivity index (χ0) is 12.6. The maximum atomic E-state index is 5.66. The lowest BCUT2D eigenvalue weighted by molar-refractivity contribution is 0.580. The second-order valence-corrected chi connectivity index (χ2v) is 7.48. The molecule has 0 radical (unpaired) electrons. The molecule has 0 saturated carbocycles. The standard InChI is InChI=1S/C9H9Br3N4S/c1-16-8(5(11)3-14-16)7(15-13)6-2-4(10)9(12)17-6/h2-3,7,15H,13H2,1H3. The van der Waals surface area contributed by atoms with E-state index in [9.17, 15) is 0 Å². The molecule has 0 amide bonds. The summed E-state index contributed by atoms with van der Waals surface area (Å²) in [5.41, 5.74) is 3.82. The molecule has 0 bridgehead atoms. The number of nitrogens with two attached hydrogens (primary N) is 1. The highest BCUT2D eigenvalue weighted by molar-refractivity contribution is 9.13. The Labute approximate surface area is 128 Å². The van der Waals surface area contributed by atoms with Crippen LogP contribution >= 0.6 is 59.1 Å². The highest BCUT2D eigenvalue weighted by Crippen LogP contribution is 2.38. The molecule has 3 N–H and O–H groups in total. The van der Waals surface area contributed by atoms with Gasteiger partial charge in [0.05, 0.1) is 26.2 Å². The van der Waals surface area contributed by atoms with Crippen LogP contribution in [0.5, 0.6) is 0 Å². The largest absolute Gasteiger partial charge is 0.270 e. The molecule has 0 fully saturated rings. The number of thiophene rings is 1. The first kappa shape index (κ1) is 13.7. The molecule has 0 aliphatic rings. The molecule has 2 aromatic rings. The van der Waals surface area contributed by atoms with Gasteiger partial charge >= 0.3 is 0 Å². The van der Waals surface area contributed by atoms with Crippen molar-refractivity contribution in [3.05, 3.63) is 35.6 Å². The third-order valence-electron chi connectivity index (χ3n) is 2.33. The van der Waals surface area contributed by atoms with Crippen molar-refractivity contribution in [2.75, 3.05) is 0 Å². The summed E-state index contributed by atoms with van der Waals surface area (Å²) in [5.74, 6) is 5.66. The third-order valence-corrected chi connectivity index (χ3v) is 6.26. The van der Waals surface area contributed by atoms with E-state index in [0.717, 1.165) is 23.3 Å². The van der Waals surface area contributed by atoms with E-state index in [1.807, 2.05) is 13.1 Å². The Hall–Kier alpha value is 0.270. The molecular weight excluding hydrogens is 436 g/mol. The Morgan fingerprint density at radius 2 is 2.12 bits per heavy atom. The summed E-state index contributed by atoms with van der Waals surface area (Å²) in [7, 11) is 1.89. The van der Waals surface area contributed by atoms with Gasteiger partial charge in [0, 0.05) is 16.4 Å². The highest BCUT2D eigenvalue weighted by atomic mass is 79.9. The molecule has 17 heavy (non-hydrogen) atoms. The quantitative estimate of drug-likeness (QED) is 0.564. The van der Waals surface area contributed by atoms with Crippen molar-refractivity contribution in [3.8, 4) is 0 Å². The Morgan fingerprint density at radius 3 is 2.53 bits per heavy atom. The van der Waals surface area contributed by atoms with E-state index >= 15 is 0 Å². The van der Waals surface area contributed by atoms with Crippen LogP contribution < -0.4 is 11.3 Å². The molecule has 2 rings (SSSR count). The second kappa shape index (κ2) is 5.50. The van der Waals surface area contributed by atoms with E-state index in [2.05, 4.69) is 58.3 Å². The van der Waals surface area contributed by atoms with Gasteiger partial charge in [-0.3, -0.25) is 10.5 Å². The minimum Gasteiger partial charge on any atom is -0.270 e. The normalized spacial score (nSPS) is 13.0. The maximum Gasteiger partial charge on any atom is 0.0982 e. The van der Waals surface area contributed by atoms with Crippen molar-refractivity contribution in [2.45, 2.75) is 6.04 Å². The van der Waals surface area contributed by atoms with Gasteiger partial charge in [-0.15, -0.1) is 11.3 Å². The molecule has 0 saturated heterocycles. The van der Waals surface area contributed by atoms with Crippen LogP contribution in [0.15, 0.2) is 25.0 Å². The van der Waals surface area contributed by atoms with Crippen LogP contribution in [-0.2, 0) is 7.05 Å². The summed E-state index contributed by atoms with van der Waals surface area (Å²) in [6.07, 6.45) is 1.76. The molecule has 0 aromatic carbocycles. The SMILES string of the molecule is Cn1ncc(Br)c1C(NN)c1cc(Br)c(Br)s1. The minimum atomic E-state index is -0.0931. The van der Waals surface area contributed by atoms with Gasteiger partial charge in [0.15, 0.2) is 0 Å². The van der Waals surface area contributed by atoms with E-state index < -0.39 is 0 Å². The number of hydrazine groups is 1. The number of aryl methyl sites for hydroxylation is 1. The molecule has 2 heterocycles. The molecule has 0 aliphatic carbocycles. The summed E-state index contributed by atoms with van der Waals surface area (Å²) in [6, 6.07) is 1.95. The molecular formula is C9H9Br3N4S. The Bertz CT molecular complexity index is 497. The Balaban J connectivity index is 2.47. The van der Waals surface area contributed by atoms with Crippen molar-refractivity contribution in [1.82, 2.24) is 15.2 Å². The van der Waals surface area contributed by atoms with Gasteiger partial charge in [-0.05, 0) is 53.9 Å². The first-order valence-corrected chi connectivity index (χ1v) is 7.82. The van der Waals surface area contributed by atoms with Crippen molar-refractivity contribution in [2.24, 2.45) is 12.9 Å².